The number of aryl methyl sites for hydroxylation is 1. The van der Waals surface area contributed by atoms with Crippen LogP contribution in [0.3, 0.4) is 0 Å². The van der Waals surface area contributed by atoms with Gasteiger partial charge in [-0.1, -0.05) is 31.5 Å². The zero-order chi connectivity index (χ0) is 20.0. The smallest absolute Gasteiger partial charge is 0.264 e. The Labute approximate surface area is 169 Å². The lowest BCUT2D eigenvalue weighted by Crippen LogP contribution is -2.37. The van der Waals surface area contributed by atoms with E-state index in [9.17, 15) is 9.90 Å². The standard InChI is InChI=1S/C20H23ClN2O3S/c1-4-12(2)14-5-8-18(24)17(10-14)22-20(27)23-19(25)11-26-15-6-7-16(21)13(3)9-15/h5-10,12,24H,4,11H2,1-3H3,(H2,22,23,25,27). The summed E-state index contributed by atoms with van der Waals surface area (Å²) in [4.78, 5) is 12.0. The van der Waals surface area contributed by atoms with Gasteiger partial charge in [-0.2, -0.15) is 0 Å². The number of hydrogen-bond donors (Lipinski definition) is 3. The van der Waals surface area contributed by atoms with Gasteiger partial charge in [0.15, 0.2) is 11.7 Å². The van der Waals surface area contributed by atoms with Gasteiger partial charge in [0.1, 0.15) is 11.5 Å². The molecule has 2 rings (SSSR count). The summed E-state index contributed by atoms with van der Waals surface area (Å²) in [6, 6.07) is 10.5. The number of phenolic OH excluding ortho intramolecular Hbond substituents is 1. The van der Waals surface area contributed by atoms with E-state index in [0.29, 0.717) is 22.4 Å². The molecule has 1 unspecified atom stereocenters. The summed E-state index contributed by atoms with van der Waals surface area (Å²) in [5, 5.41) is 16.1. The lowest BCUT2D eigenvalue weighted by Gasteiger charge is -2.15. The molecule has 0 saturated heterocycles. The van der Waals surface area contributed by atoms with Crippen molar-refractivity contribution in [1.82, 2.24) is 5.32 Å². The molecule has 0 aliphatic carbocycles. The second-order valence-corrected chi connectivity index (χ2v) is 7.10. The average molecular weight is 407 g/mol. The predicted molar refractivity (Wildman–Crippen MR) is 113 cm³/mol. The number of nitrogens with one attached hydrogen (secondary N) is 2. The Morgan fingerprint density at radius 2 is 2.04 bits per heavy atom. The van der Waals surface area contributed by atoms with E-state index in [2.05, 4.69) is 24.5 Å². The first-order valence-corrected chi connectivity index (χ1v) is 9.41. The van der Waals surface area contributed by atoms with Gasteiger partial charge in [-0.15, -0.1) is 0 Å². The van der Waals surface area contributed by atoms with Crippen LogP contribution in [-0.4, -0.2) is 22.7 Å². The molecule has 1 atom stereocenters. The van der Waals surface area contributed by atoms with E-state index in [1.807, 2.05) is 19.1 Å². The quantitative estimate of drug-likeness (QED) is 0.476. The van der Waals surface area contributed by atoms with Gasteiger partial charge >= 0.3 is 0 Å². The number of halogens is 1. The minimum absolute atomic E-state index is 0.0616. The number of amides is 1. The van der Waals surface area contributed by atoms with Crippen molar-refractivity contribution in [2.24, 2.45) is 0 Å². The highest BCUT2D eigenvalue weighted by Crippen LogP contribution is 2.29. The van der Waals surface area contributed by atoms with Crippen LogP contribution in [0.2, 0.25) is 5.02 Å². The number of thiocarbonyl (C=S) groups is 1. The number of benzene rings is 2. The molecule has 7 heteroatoms. The van der Waals surface area contributed by atoms with E-state index in [4.69, 9.17) is 28.6 Å². The van der Waals surface area contributed by atoms with Crippen LogP contribution in [0.25, 0.3) is 0 Å². The molecule has 3 N–H and O–H groups in total. The van der Waals surface area contributed by atoms with E-state index >= 15 is 0 Å². The molecule has 1 amide bonds. The van der Waals surface area contributed by atoms with Crippen LogP contribution in [0.1, 0.15) is 37.3 Å². The van der Waals surface area contributed by atoms with Gasteiger partial charge in [-0.05, 0) is 72.9 Å². The molecule has 0 fully saturated rings. The van der Waals surface area contributed by atoms with Crippen LogP contribution in [0, 0.1) is 6.92 Å². The summed E-state index contributed by atoms with van der Waals surface area (Å²) in [7, 11) is 0. The Balaban J connectivity index is 1.91. The zero-order valence-corrected chi connectivity index (χ0v) is 17.1. The Kier molecular flexibility index (Phi) is 7.45. The Bertz CT molecular complexity index is 842. The molecule has 0 heterocycles. The Hall–Kier alpha value is -2.31. The largest absolute Gasteiger partial charge is 0.506 e. The van der Waals surface area contributed by atoms with Crippen molar-refractivity contribution < 1.29 is 14.6 Å². The van der Waals surface area contributed by atoms with Crippen molar-refractivity contribution in [1.29, 1.82) is 0 Å². The molecule has 0 saturated carbocycles. The summed E-state index contributed by atoms with van der Waals surface area (Å²) in [5.74, 6) is 0.555. The third-order valence-corrected chi connectivity index (χ3v) is 4.83. The molecular weight excluding hydrogens is 384 g/mol. The van der Waals surface area contributed by atoms with Crippen LogP contribution >= 0.6 is 23.8 Å². The molecule has 0 bridgehead atoms. The van der Waals surface area contributed by atoms with Gasteiger partial charge in [0.2, 0.25) is 0 Å². The van der Waals surface area contributed by atoms with Gasteiger partial charge in [0.05, 0.1) is 5.69 Å². The molecule has 0 aliphatic heterocycles. The minimum atomic E-state index is -0.405. The predicted octanol–water partition coefficient (Wildman–Crippen LogP) is 4.76. The monoisotopic (exact) mass is 406 g/mol. The number of carbonyl (C=O) groups excluding carboxylic acids is 1. The van der Waals surface area contributed by atoms with Crippen molar-refractivity contribution in [2.75, 3.05) is 11.9 Å². The van der Waals surface area contributed by atoms with Crippen LogP contribution in [0.4, 0.5) is 5.69 Å². The van der Waals surface area contributed by atoms with E-state index in [-0.39, 0.29) is 17.5 Å². The lowest BCUT2D eigenvalue weighted by atomic mass is 9.98. The highest BCUT2D eigenvalue weighted by molar-refractivity contribution is 7.80. The zero-order valence-electron chi connectivity index (χ0n) is 15.5. The fourth-order valence-electron chi connectivity index (χ4n) is 2.37. The second kappa shape index (κ2) is 9.58. The maximum atomic E-state index is 12.0. The number of ether oxygens (including phenoxy) is 1. The third kappa shape index (κ3) is 6.12. The van der Waals surface area contributed by atoms with Crippen molar-refractivity contribution in [3.63, 3.8) is 0 Å². The molecule has 0 aromatic heterocycles. The summed E-state index contributed by atoms with van der Waals surface area (Å²) >= 11 is 11.1. The second-order valence-electron chi connectivity index (χ2n) is 6.29. The minimum Gasteiger partial charge on any atom is -0.506 e. The topological polar surface area (TPSA) is 70.6 Å². The highest BCUT2D eigenvalue weighted by Gasteiger charge is 2.11. The van der Waals surface area contributed by atoms with E-state index in [1.54, 1.807) is 24.3 Å². The third-order valence-electron chi connectivity index (χ3n) is 4.20. The van der Waals surface area contributed by atoms with Crippen LogP contribution < -0.4 is 15.4 Å². The van der Waals surface area contributed by atoms with Gasteiger partial charge in [-0.3, -0.25) is 10.1 Å². The SMILES string of the molecule is CCC(C)c1ccc(O)c(NC(=S)NC(=O)COc2ccc(Cl)c(C)c2)c1. The van der Waals surface area contributed by atoms with Crippen LogP contribution in [0.15, 0.2) is 36.4 Å². The summed E-state index contributed by atoms with van der Waals surface area (Å²) in [6.07, 6.45) is 0.979. The molecule has 27 heavy (non-hydrogen) atoms. The lowest BCUT2D eigenvalue weighted by molar-refractivity contribution is -0.121. The molecule has 0 aliphatic rings. The van der Waals surface area contributed by atoms with Crippen molar-refractivity contribution in [2.45, 2.75) is 33.1 Å². The summed E-state index contributed by atoms with van der Waals surface area (Å²) in [5.41, 5.74) is 2.39. The number of phenols is 1. The van der Waals surface area contributed by atoms with E-state index in [1.165, 1.54) is 0 Å². The molecule has 0 spiro atoms. The first kappa shape index (κ1) is 21.0. The van der Waals surface area contributed by atoms with Crippen molar-refractivity contribution >= 4 is 40.5 Å². The Morgan fingerprint density at radius 1 is 1.30 bits per heavy atom. The van der Waals surface area contributed by atoms with Crippen LogP contribution in [0.5, 0.6) is 11.5 Å². The first-order chi connectivity index (χ1) is 12.8. The molecule has 144 valence electrons. The Morgan fingerprint density at radius 3 is 2.70 bits per heavy atom. The number of rotatable bonds is 6. The average Bonchev–Trinajstić information content (AvgIpc) is 2.63. The summed E-state index contributed by atoms with van der Waals surface area (Å²) < 4.78 is 5.44. The van der Waals surface area contributed by atoms with Crippen molar-refractivity contribution in [3.8, 4) is 11.5 Å². The summed E-state index contributed by atoms with van der Waals surface area (Å²) in [6.45, 7) is 5.86. The number of hydrogen-bond acceptors (Lipinski definition) is 4. The molecule has 0 radical (unpaired) electrons. The number of aromatic hydroxyl groups is 1. The molecule has 2 aromatic carbocycles. The molecule has 2 aromatic rings. The van der Waals surface area contributed by atoms with Gasteiger partial charge < -0.3 is 15.2 Å². The first-order valence-electron chi connectivity index (χ1n) is 8.62. The number of carbonyl (C=O) groups is 1. The highest BCUT2D eigenvalue weighted by atomic mass is 35.5. The maximum absolute atomic E-state index is 12.0. The fraction of sp³-hybridized carbons (Fsp3) is 0.300. The van der Waals surface area contributed by atoms with Gasteiger partial charge in [0.25, 0.3) is 5.91 Å². The van der Waals surface area contributed by atoms with Gasteiger partial charge in [-0.25, -0.2) is 0 Å². The van der Waals surface area contributed by atoms with Gasteiger partial charge in [0, 0.05) is 5.02 Å². The maximum Gasteiger partial charge on any atom is 0.264 e. The van der Waals surface area contributed by atoms with E-state index in [0.717, 1.165) is 17.5 Å². The van der Waals surface area contributed by atoms with Crippen LogP contribution in [-0.2, 0) is 4.79 Å². The normalized spacial score (nSPS) is 11.6. The van der Waals surface area contributed by atoms with E-state index < -0.39 is 5.91 Å². The fourth-order valence-corrected chi connectivity index (χ4v) is 2.71. The van der Waals surface area contributed by atoms with Crippen molar-refractivity contribution in [3.05, 3.63) is 52.5 Å². The number of anilines is 1. The molecular formula is C20H23ClN2O3S. The molecule has 5 nitrogen and oxygen atoms in total.